The molecular formula is C22H20BrN3O2. The van der Waals surface area contributed by atoms with Gasteiger partial charge in [0, 0.05) is 21.3 Å². The zero-order valence-electron chi connectivity index (χ0n) is 16.2. The van der Waals surface area contributed by atoms with E-state index < -0.39 is 0 Å². The Kier molecular flexibility index (Phi) is 4.81. The van der Waals surface area contributed by atoms with Crippen LogP contribution >= 0.6 is 15.9 Å². The van der Waals surface area contributed by atoms with Crippen molar-refractivity contribution in [3.8, 4) is 33.9 Å². The first-order chi connectivity index (χ1) is 13.5. The zero-order chi connectivity index (χ0) is 19.8. The maximum Gasteiger partial charge on any atom is 0.164 e. The van der Waals surface area contributed by atoms with Gasteiger partial charge in [0.2, 0.25) is 0 Å². The van der Waals surface area contributed by atoms with E-state index >= 15 is 0 Å². The number of aromatic nitrogens is 3. The number of benzene rings is 2. The van der Waals surface area contributed by atoms with E-state index in [0.29, 0.717) is 11.5 Å². The molecule has 4 rings (SSSR count). The lowest BCUT2D eigenvalue weighted by atomic mass is 10.1. The molecule has 0 N–H and O–H groups in total. The van der Waals surface area contributed by atoms with Gasteiger partial charge >= 0.3 is 0 Å². The number of methoxy groups -OCH3 is 2. The van der Waals surface area contributed by atoms with Gasteiger partial charge in [-0.05, 0) is 49.7 Å². The number of hydrogen-bond donors (Lipinski definition) is 0. The van der Waals surface area contributed by atoms with Crippen LogP contribution in [-0.2, 0) is 0 Å². The highest BCUT2D eigenvalue weighted by Gasteiger charge is 2.18. The zero-order valence-corrected chi connectivity index (χ0v) is 17.7. The van der Waals surface area contributed by atoms with Gasteiger partial charge in [-0.15, -0.1) is 0 Å². The minimum Gasteiger partial charge on any atom is -0.493 e. The Labute approximate surface area is 172 Å². The monoisotopic (exact) mass is 437 g/mol. The number of aryl methyl sites for hydroxylation is 2. The Morgan fingerprint density at radius 1 is 0.857 bits per heavy atom. The molecule has 4 aromatic rings. The van der Waals surface area contributed by atoms with Crippen molar-refractivity contribution in [3.63, 3.8) is 0 Å². The summed E-state index contributed by atoms with van der Waals surface area (Å²) >= 11 is 3.50. The fourth-order valence-corrected chi connectivity index (χ4v) is 3.66. The summed E-state index contributed by atoms with van der Waals surface area (Å²) in [6, 6.07) is 16.1. The molecule has 0 bridgehead atoms. The standard InChI is InChI=1S/C22H20BrN3O2/c1-13-11-18(15-5-8-17(23)9-6-15)26-22(24-13)21(14(2)25-26)16-7-10-19(27-3)20(12-16)28-4/h5-12H,1-4H3. The molecule has 0 aliphatic heterocycles. The van der Waals surface area contributed by atoms with Gasteiger partial charge < -0.3 is 9.47 Å². The van der Waals surface area contributed by atoms with Crippen LogP contribution in [-0.4, -0.2) is 28.8 Å². The minimum atomic E-state index is 0.680. The average molecular weight is 438 g/mol. The Bertz CT molecular complexity index is 1170. The summed E-state index contributed by atoms with van der Waals surface area (Å²) in [4.78, 5) is 4.79. The summed E-state index contributed by atoms with van der Waals surface area (Å²) in [6.45, 7) is 4.00. The van der Waals surface area contributed by atoms with Crippen molar-refractivity contribution >= 4 is 21.6 Å². The molecule has 142 valence electrons. The molecule has 0 saturated heterocycles. The fourth-order valence-electron chi connectivity index (χ4n) is 3.40. The molecule has 0 aliphatic rings. The number of fused-ring (bicyclic) bond motifs is 1. The molecule has 0 fully saturated rings. The number of hydrogen-bond acceptors (Lipinski definition) is 4. The number of rotatable bonds is 4. The summed E-state index contributed by atoms with van der Waals surface area (Å²) in [5.41, 5.74) is 6.73. The Balaban J connectivity index is 1.97. The third kappa shape index (κ3) is 3.14. The third-order valence-corrected chi connectivity index (χ3v) is 5.23. The second-order valence-corrected chi connectivity index (χ2v) is 7.47. The third-order valence-electron chi connectivity index (χ3n) is 4.70. The van der Waals surface area contributed by atoms with Crippen LogP contribution in [0.4, 0.5) is 0 Å². The molecule has 2 aromatic heterocycles. The Morgan fingerprint density at radius 2 is 1.54 bits per heavy atom. The SMILES string of the molecule is COc1ccc(-c2c(C)nn3c(-c4ccc(Br)cc4)cc(C)nc23)cc1OC. The van der Waals surface area contributed by atoms with Crippen LogP contribution in [0.5, 0.6) is 11.5 Å². The predicted molar refractivity (Wildman–Crippen MR) is 114 cm³/mol. The number of halogens is 1. The van der Waals surface area contributed by atoms with Gasteiger partial charge in [-0.2, -0.15) is 5.10 Å². The lowest BCUT2D eigenvalue weighted by Gasteiger charge is -2.10. The van der Waals surface area contributed by atoms with E-state index in [1.165, 1.54) is 0 Å². The Hall–Kier alpha value is -2.86. The molecule has 0 atom stereocenters. The summed E-state index contributed by atoms with van der Waals surface area (Å²) in [7, 11) is 3.27. The molecule has 0 spiro atoms. The summed E-state index contributed by atoms with van der Waals surface area (Å²) in [5.74, 6) is 1.37. The summed E-state index contributed by atoms with van der Waals surface area (Å²) < 4.78 is 13.8. The predicted octanol–water partition coefficient (Wildman–Crippen LogP) is 5.46. The van der Waals surface area contributed by atoms with Crippen LogP contribution < -0.4 is 9.47 Å². The van der Waals surface area contributed by atoms with E-state index in [4.69, 9.17) is 19.6 Å². The van der Waals surface area contributed by atoms with Crippen molar-refractivity contribution in [2.75, 3.05) is 14.2 Å². The van der Waals surface area contributed by atoms with Gasteiger partial charge in [-0.25, -0.2) is 9.50 Å². The van der Waals surface area contributed by atoms with Crippen molar-refractivity contribution in [3.05, 3.63) is 64.4 Å². The van der Waals surface area contributed by atoms with Crippen molar-refractivity contribution in [1.29, 1.82) is 0 Å². The quantitative estimate of drug-likeness (QED) is 0.425. The summed E-state index contributed by atoms with van der Waals surface area (Å²) in [6.07, 6.45) is 0. The second-order valence-electron chi connectivity index (χ2n) is 6.56. The van der Waals surface area contributed by atoms with E-state index in [1.807, 2.05) is 48.7 Å². The van der Waals surface area contributed by atoms with Gasteiger partial charge in [0.05, 0.1) is 25.6 Å². The van der Waals surface area contributed by atoms with Crippen molar-refractivity contribution in [1.82, 2.24) is 14.6 Å². The van der Waals surface area contributed by atoms with E-state index in [0.717, 1.165) is 43.9 Å². The highest BCUT2D eigenvalue weighted by molar-refractivity contribution is 9.10. The molecular weight excluding hydrogens is 418 g/mol. The van der Waals surface area contributed by atoms with Crippen LogP contribution in [0.2, 0.25) is 0 Å². The first-order valence-corrected chi connectivity index (χ1v) is 9.66. The topological polar surface area (TPSA) is 48.7 Å². The summed E-state index contributed by atoms with van der Waals surface area (Å²) in [5, 5.41) is 4.80. The van der Waals surface area contributed by atoms with Gasteiger partial charge in [0.25, 0.3) is 0 Å². The largest absolute Gasteiger partial charge is 0.493 e. The first-order valence-electron chi connectivity index (χ1n) is 8.87. The minimum absolute atomic E-state index is 0.680. The smallest absolute Gasteiger partial charge is 0.164 e. The molecule has 2 aromatic carbocycles. The maximum absolute atomic E-state index is 5.48. The first kappa shape index (κ1) is 18.5. The number of nitrogens with zero attached hydrogens (tertiary/aromatic N) is 3. The molecule has 0 unspecified atom stereocenters. The van der Waals surface area contributed by atoms with E-state index in [9.17, 15) is 0 Å². The lowest BCUT2D eigenvalue weighted by Crippen LogP contribution is -1.98. The Morgan fingerprint density at radius 3 is 2.21 bits per heavy atom. The molecule has 6 heteroatoms. The van der Waals surface area contributed by atoms with Gasteiger partial charge in [0.15, 0.2) is 17.1 Å². The van der Waals surface area contributed by atoms with Crippen LogP contribution in [0.3, 0.4) is 0 Å². The molecule has 0 radical (unpaired) electrons. The normalized spacial score (nSPS) is 11.0. The molecule has 0 saturated carbocycles. The lowest BCUT2D eigenvalue weighted by molar-refractivity contribution is 0.355. The van der Waals surface area contributed by atoms with Gasteiger partial charge in [-0.1, -0.05) is 34.1 Å². The van der Waals surface area contributed by atoms with Crippen LogP contribution in [0.25, 0.3) is 28.0 Å². The fraction of sp³-hybridized carbons (Fsp3) is 0.182. The highest BCUT2D eigenvalue weighted by atomic mass is 79.9. The van der Waals surface area contributed by atoms with E-state index in [1.54, 1.807) is 14.2 Å². The average Bonchev–Trinajstić information content (AvgIpc) is 3.03. The van der Waals surface area contributed by atoms with E-state index in [-0.39, 0.29) is 0 Å². The molecule has 2 heterocycles. The highest BCUT2D eigenvalue weighted by Crippen LogP contribution is 2.36. The number of ether oxygens (including phenoxy) is 2. The van der Waals surface area contributed by atoms with Crippen molar-refractivity contribution in [2.24, 2.45) is 0 Å². The molecule has 28 heavy (non-hydrogen) atoms. The van der Waals surface area contributed by atoms with Crippen LogP contribution in [0.15, 0.2) is 53.0 Å². The molecule has 0 aliphatic carbocycles. The van der Waals surface area contributed by atoms with Crippen LogP contribution in [0, 0.1) is 13.8 Å². The van der Waals surface area contributed by atoms with Crippen molar-refractivity contribution < 1.29 is 9.47 Å². The van der Waals surface area contributed by atoms with Crippen LogP contribution in [0.1, 0.15) is 11.4 Å². The molecule has 0 amide bonds. The maximum atomic E-state index is 5.48. The van der Waals surface area contributed by atoms with Gasteiger partial charge in [0.1, 0.15) is 0 Å². The molecule has 5 nitrogen and oxygen atoms in total. The van der Waals surface area contributed by atoms with Gasteiger partial charge in [-0.3, -0.25) is 0 Å². The van der Waals surface area contributed by atoms with E-state index in [2.05, 4.69) is 34.1 Å². The second kappa shape index (κ2) is 7.28. The van der Waals surface area contributed by atoms with Crippen molar-refractivity contribution in [2.45, 2.75) is 13.8 Å².